The molecule has 0 fully saturated rings. The van der Waals surface area contributed by atoms with Gasteiger partial charge in [-0.2, -0.15) is 0 Å². The first-order chi connectivity index (χ1) is 9.24. The zero-order valence-electron chi connectivity index (χ0n) is 11.0. The molecule has 0 aliphatic heterocycles. The number of hydrogen-bond donors (Lipinski definition) is 2. The summed E-state index contributed by atoms with van der Waals surface area (Å²) in [4.78, 5) is 10.1. The first-order valence-electron chi connectivity index (χ1n) is 6.54. The Morgan fingerprint density at radius 2 is 2.05 bits per heavy atom. The summed E-state index contributed by atoms with van der Waals surface area (Å²) in [5.41, 5.74) is 0.0431. The van der Waals surface area contributed by atoms with Crippen LogP contribution in [0.3, 0.4) is 0 Å². The minimum atomic E-state index is -0.433. The van der Waals surface area contributed by atoms with Crippen LogP contribution in [-0.4, -0.2) is 29.9 Å². The second kappa shape index (κ2) is 9.29. The third-order valence-electron chi connectivity index (χ3n) is 2.71. The van der Waals surface area contributed by atoms with Crippen molar-refractivity contribution >= 4 is 5.69 Å². The van der Waals surface area contributed by atoms with Crippen molar-refractivity contribution in [1.29, 1.82) is 0 Å². The molecular weight excluding hydrogens is 248 g/mol. The average molecular weight is 269 g/mol. The SMILES string of the molecule is O=[N+]([O-])c1cccc(OC[NH2+]CCCCCCO)c1. The van der Waals surface area contributed by atoms with Gasteiger partial charge in [0.05, 0.1) is 17.5 Å². The van der Waals surface area contributed by atoms with Crippen LogP contribution in [-0.2, 0) is 0 Å². The fourth-order valence-corrected chi connectivity index (χ4v) is 1.68. The van der Waals surface area contributed by atoms with Crippen molar-refractivity contribution in [1.82, 2.24) is 0 Å². The Morgan fingerprint density at radius 3 is 2.79 bits per heavy atom. The normalized spacial score (nSPS) is 10.4. The highest BCUT2D eigenvalue weighted by molar-refractivity contribution is 5.37. The second-order valence-electron chi connectivity index (χ2n) is 4.28. The van der Waals surface area contributed by atoms with Crippen molar-refractivity contribution in [3.8, 4) is 5.75 Å². The lowest BCUT2D eigenvalue weighted by Crippen LogP contribution is -2.85. The van der Waals surface area contributed by atoms with Crippen molar-refractivity contribution < 1.29 is 20.1 Å². The van der Waals surface area contributed by atoms with Gasteiger partial charge in [-0.25, -0.2) is 0 Å². The molecule has 19 heavy (non-hydrogen) atoms. The van der Waals surface area contributed by atoms with E-state index < -0.39 is 4.92 Å². The molecule has 0 radical (unpaired) electrons. The summed E-state index contributed by atoms with van der Waals surface area (Å²) in [7, 11) is 0. The second-order valence-corrected chi connectivity index (χ2v) is 4.28. The smallest absolute Gasteiger partial charge is 0.273 e. The number of aliphatic hydroxyl groups is 1. The van der Waals surface area contributed by atoms with Crippen LogP contribution in [0.1, 0.15) is 25.7 Å². The van der Waals surface area contributed by atoms with Crippen molar-refractivity contribution in [2.45, 2.75) is 25.7 Å². The monoisotopic (exact) mass is 269 g/mol. The molecule has 0 aromatic heterocycles. The molecule has 0 aliphatic carbocycles. The van der Waals surface area contributed by atoms with Crippen LogP contribution in [0, 0.1) is 10.1 Å². The number of non-ortho nitro benzene ring substituents is 1. The largest absolute Gasteiger partial charge is 0.445 e. The number of hydrogen-bond acceptors (Lipinski definition) is 4. The van der Waals surface area contributed by atoms with Gasteiger partial charge in [-0.15, -0.1) is 0 Å². The van der Waals surface area contributed by atoms with E-state index in [4.69, 9.17) is 9.84 Å². The molecule has 3 N–H and O–H groups in total. The van der Waals surface area contributed by atoms with E-state index >= 15 is 0 Å². The van der Waals surface area contributed by atoms with E-state index in [-0.39, 0.29) is 12.3 Å². The Morgan fingerprint density at radius 1 is 1.26 bits per heavy atom. The summed E-state index contributed by atoms with van der Waals surface area (Å²) in [6.45, 7) is 1.68. The Balaban J connectivity index is 2.12. The number of quaternary nitrogens is 1. The summed E-state index contributed by atoms with van der Waals surface area (Å²) >= 11 is 0. The molecule has 0 saturated heterocycles. The van der Waals surface area contributed by atoms with Crippen LogP contribution in [0.5, 0.6) is 5.75 Å². The molecule has 0 amide bonds. The molecule has 1 aromatic carbocycles. The highest BCUT2D eigenvalue weighted by Crippen LogP contribution is 2.18. The average Bonchev–Trinajstić information content (AvgIpc) is 2.42. The number of unbranched alkanes of at least 4 members (excludes halogenated alkanes) is 3. The Bertz CT molecular complexity index is 385. The van der Waals surface area contributed by atoms with E-state index in [0.717, 1.165) is 32.2 Å². The van der Waals surface area contributed by atoms with Gasteiger partial charge in [0, 0.05) is 12.7 Å². The molecular formula is C13H21N2O4+. The van der Waals surface area contributed by atoms with Gasteiger partial charge in [0.1, 0.15) is 5.75 Å². The van der Waals surface area contributed by atoms with Gasteiger partial charge in [-0.3, -0.25) is 10.1 Å². The third-order valence-corrected chi connectivity index (χ3v) is 2.71. The molecule has 0 bridgehead atoms. The van der Waals surface area contributed by atoms with E-state index in [9.17, 15) is 10.1 Å². The molecule has 6 nitrogen and oxygen atoms in total. The first-order valence-corrected chi connectivity index (χ1v) is 6.54. The van der Waals surface area contributed by atoms with Crippen LogP contribution >= 0.6 is 0 Å². The zero-order chi connectivity index (χ0) is 13.9. The maximum Gasteiger partial charge on any atom is 0.273 e. The standard InChI is InChI=1S/C13H20N2O4/c16-9-4-2-1-3-8-14-11-19-13-7-5-6-12(10-13)15(17)18/h5-7,10,14,16H,1-4,8-9,11H2/p+1. The fourth-order valence-electron chi connectivity index (χ4n) is 1.68. The molecule has 6 heteroatoms. The summed E-state index contributed by atoms with van der Waals surface area (Å²) in [6.07, 6.45) is 4.10. The van der Waals surface area contributed by atoms with Gasteiger partial charge in [0.25, 0.3) is 5.69 Å². The number of nitro groups is 1. The molecule has 0 atom stereocenters. The van der Waals surface area contributed by atoms with Gasteiger partial charge in [-0.05, 0) is 25.3 Å². The van der Waals surface area contributed by atoms with E-state index in [0.29, 0.717) is 12.5 Å². The Hall–Kier alpha value is -1.66. The summed E-state index contributed by atoms with van der Waals surface area (Å²) in [5.74, 6) is 0.519. The number of rotatable bonds is 10. The number of ether oxygens (including phenoxy) is 1. The number of aliphatic hydroxyl groups excluding tert-OH is 1. The molecule has 106 valence electrons. The molecule has 0 unspecified atom stereocenters. The molecule has 0 spiro atoms. The van der Waals surface area contributed by atoms with Gasteiger partial charge < -0.3 is 15.2 Å². The van der Waals surface area contributed by atoms with Crippen LogP contribution in [0.25, 0.3) is 0 Å². The number of nitro benzene ring substituents is 1. The number of nitrogens with two attached hydrogens (primary N) is 1. The molecule has 0 heterocycles. The molecule has 1 rings (SSSR count). The number of nitrogens with zero attached hydrogens (tertiary/aromatic N) is 1. The maximum absolute atomic E-state index is 10.6. The molecule has 0 aliphatic rings. The Kier molecular flexibility index (Phi) is 7.53. The predicted octanol–water partition coefficient (Wildman–Crippen LogP) is 1.05. The lowest BCUT2D eigenvalue weighted by molar-refractivity contribution is -0.679. The van der Waals surface area contributed by atoms with Gasteiger partial charge >= 0.3 is 0 Å². The van der Waals surface area contributed by atoms with E-state index in [1.165, 1.54) is 12.1 Å². The van der Waals surface area contributed by atoms with E-state index in [1.54, 1.807) is 12.1 Å². The van der Waals surface area contributed by atoms with Crippen LogP contribution in [0.2, 0.25) is 0 Å². The van der Waals surface area contributed by atoms with E-state index in [2.05, 4.69) is 0 Å². The summed E-state index contributed by atoms with van der Waals surface area (Å²) in [6, 6.07) is 6.19. The zero-order valence-corrected chi connectivity index (χ0v) is 11.0. The minimum absolute atomic E-state index is 0.0431. The topological polar surface area (TPSA) is 89.2 Å². The van der Waals surface area contributed by atoms with Crippen molar-refractivity contribution in [3.63, 3.8) is 0 Å². The maximum atomic E-state index is 10.6. The van der Waals surface area contributed by atoms with Gasteiger partial charge in [0.2, 0.25) is 6.73 Å². The fraction of sp³-hybridized carbons (Fsp3) is 0.538. The molecule has 1 aromatic rings. The van der Waals surface area contributed by atoms with Crippen molar-refractivity contribution in [2.75, 3.05) is 19.9 Å². The lowest BCUT2D eigenvalue weighted by Gasteiger charge is -2.05. The van der Waals surface area contributed by atoms with Crippen LogP contribution in [0.15, 0.2) is 24.3 Å². The van der Waals surface area contributed by atoms with Crippen molar-refractivity contribution in [2.24, 2.45) is 0 Å². The number of benzene rings is 1. The van der Waals surface area contributed by atoms with Crippen molar-refractivity contribution in [3.05, 3.63) is 34.4 Å². The highest BCUT2D eigenvalue weighted by Gasteiger charge is 2.06. The lowest BCUT2D eigenvalue weighted by atomic mass is 10.2. The predicted molar refractivity (Wildman–Crippen MR) is 70.9 cm³/mol. The van der Waals surface area contributed by atoms with Gasteiger partial charge in [0.15, 0.2) is 0 Å². The molecule has 0 saturated carbocycles. The summed E-state index contributed by atoms with van der Waals surface area (Å²) in [5, 5.41) is 21.2. The Labute approximate surface area is 112 Å². The minimum Gasteiger partial charge on any atom is -0.445 e. The van der Waals surface area contributed by atoms with Crippen LogP contribution < -0.4 is 10.1 Å². The summed E-state index contributed by atoms with van der Waals surface area (Å²) < 4.78 is 5.42. The quantitative estimate of drug-likeness (QED) is 0.287. The van der Waals surface area contributed by atoms with E-state index in [1.807, 2.05) is 5.32 Å². The highest BCUT2D eigenvalue weighted by atomic mass is 16.6. The first kappa shape index (κ1) is 15.4. The van der Waals surface area contributed by atoms with Gasteiger partial charge in [-0.1, -0.05) is 12.5 Å². The van der Waals surface area contributed by atoms with Crippen LogP contribution in [0.4, 0.5) is 5.69 Å². The third kappa shape index (κ3) is 6.73.